The normalized spacial score (nSPS) is 13.1. The van der Waals surface area contributed by atoms with E-state index in [1.54, 1.807) is 30.1 Å². The molecule has 6 nitrogen and oxygen atoms in total. The molecule has 0 aliphatic rings. The van der Waals surface area contributed by atoms with E-state index >= 15 is 0 Å². The minimum Gasteiger partial charge on any atom is -0.395 e. The summed E-state index contributed by atoms with van der Waals surface area (Å²) in [6.07, 6.45) is 0. The van der Waals surface area contributed by atoms with Gasteiger partial charge in [0.05, 0.1) is 22.3 Å². The molecule has 0 fully saturated rings. The molecular formula is C12H17Cl2N5O. The number of guanidine groups is 1. The highest BCUT2D eigenvalue weighted by Gasteiger charge is 2.10. The van der Waals surface area contributed by atoms with Gasteiger partial charge in [-0.1, -0.05) is 35.3 Å². The van der Waals surface area contributed by atoms with Gasteiger partial charge in [-0.15, -0.1) is 0 Å². The molecule has 0 heterocycles. The van der Waals surface area contributed by atoms with Gasteiger partial charge in [-0.25, -0.2) is 0 Å². The van der Waals surface area contributed by atoms with Gasteiger partial charge in [-0.3, -0.25) is 0 Å². The quantitative estimate of drug-likeness (QED) is 0.484. The van der Waals surface area contributed by atoms with Crippen molar-refractivity contribution in [2.24, 2.45) is 22.2 Å². The van der Waals surface area contributed by atoms with Gasteiger partial charge in [0, 0.05) is 19.2 Å². The Morgan fingerprint density at radius 2 is 1.95 bits per heavy atom. The summed E-state index contributed by atoms with van der Waals surface area (Å²) in [4.78, 5) is 5.52. The van der Waals surface area contributed by atoms with Crippen molar-refractivity contribution in [3.8, 4) is 0 Å². The summed E-state index contributed by atoms with van der Waals surface area (Å²) in [6, 6.07) is 5.03. The highest BCUT2D eigenvalue weighted by Crippen LogP contribution is 2.29. The summed E-state index contributed by atoms with van der Waals surface area (Å²) in [5.41, 5.74) is 18.1. The minimum atomic E-state index is -0.0497. The molecule has 0 atom stereocenters. The lowest BCUT2D eigenvalue weighted by Gasteiger charge is -2.16. The van der Waals surface area contributed by atoms with Gasteiger partial charge in [0.15, 0.2) is 11.8 Å². The third-order valence-corrected chi connectivity index (χ3v) is 3.40. The molecule has 1 aromatic carbocycles. The minimum absolute atomic E-state index is 0.0245. The Labute approximate surface area is 127 Å². The molecule has 20 heavy (non-hydrogen) atoms. The molecule has 7 N–H and O–H groups in total. The smallest absolute Gasteiger partial charge is 0.197 e. The molecule has 0 saturated carbocycles. The van der Waals surface area contributed by atoms with Crippen LogP contribution in [0.1, 0.15) is 5.56 Å². The Kier molecular flexibility index (Phi) is 5.94. The number of aliphatic imine (C=N–C) groups is 1. The molecule has 0 aliphatic heterocycles. The van der Waals surface area contributed by atoms with Gasteiger partial charge in [-0.2, -0.15) is 4.99 Å². The van der Waals surface area contributed by atoms with Crippen molar-refractivity contribution >= 4 is 34.9 Å². The van der Waals surface area contributed by atoms with Gasteiger partial charge in [-0.05, 0) is 6.07 Å². The van der Waals surface area contributed by atoms with Crippen LogP contribution < -0.4 is 17.2 Å². The van der Waals surface area contributed by atoms with Gasteiger partial charge in [0.1, 0.15) is 0 Å². The fourth-order valence-corrected chi connectivity index (χ4v) is 1.79. The maximum Gasteiger partial charge on any atom is 0.197 e. The molecule has 8 heteroatoms. The molecular weight excluding hydrogens is 301 g/mol. The maximum absolute atomic E-state index is 8.82. The van der Waals surface area contributed by atoms with E-state index in [1.165, 1.54) is 0 Å². The molecule has 0 bridgehead atoms. The van der Waals surface area contributed by atoms with E-state index in [4.69, 9.17) is 45.5 Å². The van der Waals surface area contributed by atoms with Crippen LogP contribution >= 0.6 is 23.2 Å². The summed E-state index contributed by atoms with van der Waals surface area (Å²) in [5, 5.41) is 9.49. The first kappa shape index (κ1) is 16.4. The van der Waals surface area contributed by atoms with Crippen LogP contribution in [-0.4, -0.2) is 36.2 Å². The van der Waals surface area contributed by atoms with Gasteiger partial charge in [0.25, 0.3) is 0 Å². The number of nitrogens with zero attached hydrogens (tertiary/aromatic N) is 2. The van der Waals surface area contributed by atoms with Crippen LogP contribution in [0.15, 0.2) is 29.0 Å². The number of aliphatic hydroxyl groups excluding tert-OH is 1. The number of rotatable bonds is 4. The van der Waals surface area contributed by atoms with Crippen LogP contribution in [0.25, 0.3) is 5.70 Å². The summed E-state index contributed by atoms with van der Waals surface area (Å²) in [7, 11) is 1.67. The first-order chi connectivity index (χ1) is 9.38. The van der Waals surface area contributed by atoms with Crippen molar-refractivity contribution in [2.45, 2.75) is 0 Å². The average Bonchev–Trinajstić information content (AvgIpc) is 2.41. The SMILES string of the molecule is CN(CCO)/C(N)=N/C(N)=C(\N)c1cccc(Cl)c1Cl. The standard InChI is InChI=1S/C12H17Cl2N5O/c1-19(5-6-20)12(17)18-11(16)10(15)7-3-2-4-8(13)9(7)14/h2-4,20H,5-6,15-16H2,1H3,(H2,17,18)/b11-10-. The van der Waals surface area contributed by atoms with Crippen LogP contribution in [0, 0.1) is 0 Å². The summed E-state index contributed by atoms with van der Waals surface area (Å²) in [6.45, 7) is 0.284. The van der Waals surface area contributed by atoms with Crippen LogP contribution in [-0.2, 0) is 0 Å². The van der Waals surface area contributed by atoms with Crippen LogP contribution in [0.5, 0.6) is 0 Å². The Hall–Kier alpha value is -1.63. The summed E-state index contributed by atoms with van der Waals surface area (Å²) < 4.78 is 0. The Bertz CT molecular complexity index is 545. The van der Waals surface area contributed by atoms with E-state index < -0.39 is 0 Å². The molecule has 0 aromatic heterocycles. The monoisotopic (exact) mass is 317 g/mol. The number of nitrogens with two attached hydrogens (primary N) is 3. The zero-order valence-corrected chi connectivity index (χ0v) is 12.5. The molecule has 1 rings (SSSR count). The van der Waals surface area contributed by atoms with Crippen molar-refractivity contribution in [1.82, 2.24) is 4.90 Å². The first-order valence-electron chi connectivity index (χ1n) is 5.74. The molecule has 0 unspecified atom stereocenters. The van der Waals surface area contributed by atoms with Crippen molar-refractivity contribution in [3.63, 3.8) is 0 Å². The lowest BCUT2D eigenvalue weighted by molar-refractivity contribution is 0.263. The lowest BCUT2D eigenvalue weighted by Crippen LogP contribution is -2.36. The number of hydrogen-bond donors (Lipinski definition) is 4. The van der Waals surface area contributed by atoms with E-state index in [0.717, 1.165) is 0 Å². The van der Waals surface area contributed by atoms with Crippen molar-refractivity contribution < 1.29 is 5.11 Å². The number of hydrogen-bond acceptors (Lipinski definition) is 4. The van der Waals surface area contributed by atoms with E-state index in [2.05, 4.69) is 4.99 Å². The van der Waals surface area contributed by atoms with Gasteiger partial charge >= 0.3 is 0 Å². The Morgan fingerprint density at radius 1 is 1.30 bits per heavy atom. The second kappa shape index (κ2) is 7.23. The second-order valence-corrected chi connectivity index (χ2v) is 4.80. The Balaban J connectivity index is 3.12. The third kappa shape index (κ3) is 3.93. The summed E-state index contributed by atoms with van der Waals surface area (Å²) >= 11 is 12.0. The fourth-order valence-electron chi connectivity index (χ4n) is 1.38. The number of benzene rings is 1. The van der Waals surface area contributed by atoms with Crippen LogP contribution in [0.3, 0.4) is 0 Å². The van der Waals surface area contributed by atoms with Crippen LogP contribution in [0.4, 0.5) is 0 Å². The van der Waals surface area contributed by atoms with Crippen molar-refractivity contribution in [3.05, 3.63) is 39.6 Å². The molecule has 1 aromatic rings. The van der Waals surface area contributed by atoms with E-state index in [0.29, 0.717) is 22.2 Å². The zero-order chi connectivity index (χ0) is 15.3. The number of aliphatic hydroxyl groups is 1. The largest absolute Gasteiger partial charge is 0.395 e. The fraction of sp³-hybridized carbons (Fsp3) is 0.250. The first-order valence-corrected chi connectivity index (χ1v) is 6.49. The van der Waals surface area contributed by atoms with Crippen LogP contribution in [0.2, 0.25) is 10.0 Å². The highest BCUT2D eigenvalue weighted by molar-refractivity contribution is 6.43. The number of likely N-dealkylation sites (N-methyl/N-ethyl adjacent to an activating group) is 1. The molecule has 0 spiro atoms. The van der Waals surface area contributed by atoms with Crippen molar-refractivity contribution in [1.29, 1.82) is 0 Å². The molecule has 110 valence electrons. The second-order valence-electron chi connectivity index (χ2n) is 4.02. The summed E-state index contributed by atoms with van der Waals surface area (Å²) in [5.74, 6) is 0.161. The molecule has 0 saturated heterocycles. The maximum atomic E-state index is 8.82. The average molecular weight is 318 g/mol. The van der Waals surface area contributed by atoms with Crippen molar-refractivity contribution in [2.75, 3.05) is 20.2 Å². The van der Waals surface area contributed by atoms with E-state index in [1.807, 2.05) is 0 Å². The molecule has 0 aliphatic carbocycles. The van der Waals surface area contributed by atoms with Gasteiger partial charge < -0.3 is 27.2 Å². The lowest BCUT2D eigenvalue weighted by atomic mass is 10.1. The van der Waals surface area contributed by atoms with E-state index in [-0.39, 0.29) is 24.1 Å². The predicted octanol–water partition coefficient (Wildman–Crippen LogP) is 0.776. The highest BCUT2D eigenvalue weighted by atomic mass is 35.5. The third-order valence-electron chi connectivity index (χ3n) is 2.58. The molecule has 0 amide bonds. The topological polar surface area (TPSA) is 114 Å². The predicted molar refractivity (Wildman–Crippen MR) is 83.1 cm³/mol. The van der Waals surface area contributed by atoms with Gasteiger partial charge in [0.2, 0.25) is 0 Å². The molecule has 0 radical (unpaired) electrons. The van der Waals surface area contributed by atoms with E-state index in [9.17, 15) is 0 Å². The Morgan fingerprint density at radius 3 is 2.55 bits per heavy atom. The zero-order valence-electron chi connectivity index (χ0n) is 11.0. The number of halogens is 2.